The zero-order valence-electron chi connectivity index (χ0n) is 13.1. The van der Waals surface area contributed by atoms with Gasteiger partial charge in [0.2, 0.25) is 0 Å². The predicted molar refractivity (Wildman–Crippen MR) is 76.7 cm³/mol. The van der Waals surface area contributed by atoms with E-state index >= 15 is 0 Å². The smallest absolute Gasteiger partial charge is 0.311 e. The molecule has 6 heteroatoms. The fourth-order valence-electron chi connectivity index (χ4n) is 1.35. The maximum absolute atomic E-state index is 11.7. The van der Waals surface area contributed by atoms with Gasteiger partial charge in [-0.05, 0) is 39.5 Å². The second-order valence-corrected chi connectivity index (χ2v) is 5.55. The Labute approximate surface area is 125 Å². The molecule has 0 heterocycles. The van der Waals surface area contributed by atoms with Crippen molar-refractivity contribution < 1.29 is 29.0 Å². The molecule has 0 radical (unpaired) electrons. The normalized spacial score (nSPS) is 11.0. The Morgan fingerprint density at radius 3 is 2.05 bits per heavy atom. The molecule has 1 N–H and O–H groups in total. The van der Waals surface area contributed by atoms with Crippen LogP contribution in [0.2, 0.25) is 0 Å². The number of aliphatic carboxylic acids is 1. The third-order valence-corrected chi connectivity index (χ3v) is 3.24. The number of unbranched alkanes of at least 4 members (excludes halogenated alkanes) is 1. The van der Waals surface area contributed by atoms with Crippen LogP contribution >= 0.6 is 0 Å². The summed E-state index contributed by atoms with van der Waals surface area (Å²) in [6.45, 7) is 6.20. The summed E-state index contributed by atoms with van der Waals surface area (Å²) in [5.74, 6) is -1.52. The van der Waals surface area contributed by atoms with E-state index in [9.17, 15) is 14.4 Å². The van der Waals surface area contributed by atoms with Crippen molar-refractivity contribution in [1.82, 2.24) is 0 Å². The van der Waals surface area contributed by atoms with Crippen LogP contribution in [0.5, 0.6) is 0 Å². The summed E-state index contributed by atoms with van der Waals surface area (Å²) in [5.41, 5.74) is -0.462. The van der Waals surface area contributed by atoms with Gasteiger partial charge < -0.3 is 14.6 Å². The second-order valence-electron chi connectivity index (χ2n) is 5.55. The van der Waals surface area contributed by atoms with Gasteiger partial charge in [-0.15, -0.1) is 0 Å². The first-order valence-electron chi connectivity index (χ1n) is 7.34. The van der Waals surface area contributed by atoms with Crippen LogP contribution in [0.15, 0.2) is 0 Å². The molecule has 0 aromatic rings. The Morgan fingerprint density at radius 1 is 0.952 bits per heavy atom. The zero-order valence-corrected chi connectivity index (χ0v) is 13.1. The molecule has 21 heavy (non-hydrogen) atoms. The Hall–Kier alpha value is -1.59. The molecule has 0 saturated heterocycles. The number of hydrogen-bond donors (Lipinski definition) is 1. The van der Waals surface area contributed by atoms with E-state index in [1.54, 1.807) is 0 Å². The molecular weight excluding hydrogens is 276 g/mol. The van der Waals surface area contributed by atoms with Crippen LogP contribution in [-0.4, -0.2) is 36.2 Å². The van der Waals surface area contributed by atoms with E-state index in [0.717, 1.165) is 6.42 Å². The Kier molecular flexibility index (Phi) is 9.41. The van der Waals surface area contributed by atoms with Gasteiger partial charge in [-0.1, -0.05) is 6.92 Å². The number of ether oxygens (including phenoxy) is 2. The average molecular weight is 302 g/mol. The minimum atomic E-state index is -0.917. The Bertz CT molecular complexity index is 348. The van der Waals surface area contributed by atoms with Crippen molar-refractivity contribution in [2.45, 2.75) is 59.3 Å². The predicted octanol–water partition coefficient (Wildman–Crippen LogP) is 2.54. The molecule has 0 aliphatic rings. The summed E-state index contributed by atoms with van der Waals surface area (Å²) < 4.78 is 10.1. The summed E-state index contributed by atoms with van der Waals surface area (Å²) in [7, 11) is 0. The summed E-state index contributed by atoms with van der Waals surface area (Å²) in [4.78, 5) is 33.2. The summed E-state index contributed by atoms with van der Waals surface area (Å²) in [5, 5.41) is 8.43. The first-order chi connectivity index (χ1) is 9.79. The topological polar surface area (TPSA) is 89.9 Å². The number of carboxylic acids is 1. The summed E-state index contributed by atoms with van der Waals surface area (Å²) in [6.07, 6.45) is 2.35. The molecule has 0 unspecified atom stereocenters. The van der Waals surface area contributed by atoms with E-state index in [1.807, 2.05) is 20.8 Å². The number of carbonyl (C=O) groups is 3. The molecule has 122 valence electrons. The molecule has 0 fully saturated rings. The molecule has 0 aliphatic carbocycles. The molecule has 0 saturated carbocycles. The van der Waals surface area contributed by atoms with Crippen molar-refractivity contribution in [3.05, 3.63) is 0 Å². The van der Waals surface area contributed by atoms with Crippen LogP contribution in [0, 0.1) is 5.41 Å². The van der Waals surface area contributed by atoms with Gasteiger partial charge in [0.25, 0.3) is 0 Å². The molecular formula is C15H26O6. The standard InChI is InChI=1S/C15H26O6/c1-4-15(2,3)14(19)21-11-6-5-10-20-13(18)9-7-8-12(16)17/h4-11H2,1-3H3,(H,16,17). The largest absolute Gasteiger partial charge is 0.481 e. The minimum absolute atomic E-state index is 0.0295. The van der Waals surface area contributed by atoms with E-state index in [4.69, 9.17) is 14.6 Å². The number of esters is 2. The number of hydrogen-bond acceptors (Lipinski definition) is 5. The number of carbonyl (C=O) groups excluding carboxylic acids is 2. The number of rotatable bonds is 11. The highest BCUT2D eigenvalue weighted by Crippen LogP contribution is 2.21. The van der Waals surface area contributed by atoms with Gasteiger partial charge in [0.05, 0.1) is 18.6 Å². The lowest BCUT2D eigenvalue weighted by molar-refractivity contribution is -0.154. The molecule has 0 aromatic carbocycles. The quantitative estimate of drug-likeness (QED) is 0.466. The van der Waals surface area contributed by atoms with E-state index in [-0.39, 0.29) is 37.8 Å². The molecule has 0 rings (SSSR count). The van der Waals surface area contributed by atoms with Gasteiger partial charge in [-0.2, -0.15) is 0 Å². The summed E-state index contributed by atoms with van der Waals surface area (Å²) >= 11 is 0. The van der Waals surface area contributed by atoms with Crippen LogP contribution in [0.4, 0.5) is 0 Å². The molecule has 0 aromatic heterocycles. The molecule has 0 spiro atoms. The lowest BCUT2D eigenvalue weighted by atomic mass is 9.91. The molecule has 0 bridgehead atoms. The fraction of sp³-hybridized carbons (Fsp3) is 0.800. The molecule has 0 aliphatic heterocycles. The van der Waals surface area contributed by atoms with E-state index in [2.05, 4.69) is 0 Å². The first kappa shape index (κ1) is 19.4. The van der Waals surface area contributed by atoms with Crippen molar-refractivity contribution in [2.75, 3.05) is 13.2 Å². The van der Waals surface area contributed by atoms with E-state index in [1.165, 1.54) is 0 Å². The Morgan fingerprint density at radius 2 is 1.52 bits per heavy atom. The van der Waals surface area contributed by atoms with Crippen molar-refractivity contribution in [3.8, 4) is 0 Å². The third-order valence-electron chi connectivity index (χ3n) is 3.24. The van der Waals surface area contributed by atoms with Crippen molar-refractivity contribution in [3.63, 3.8) is 0 Å². The van der Waals surface area contributed by atoms with Crippen molar-refractivity contribution in [1.29, 1.82) is 0 Å². The maximum Gasteiger partial charge on any atom is 0.311 e. The average Bonchev–Trinajstić information content (AvgIpc) is 2.41. The van der Waals surface area contributed by atoms with Crippen LogP contribution in [0.3, 0.4) is 0 Å². The molecule has 0 atom stereocenters. The highest BCUT2D eigenvalue weighted by atomic mass is 16.5. The van der Waals surface area contributed by atoms with Crippen molar-refractivity contribution >= 4 is 17.9 Å². The molecule has 6 nitrogen and oxygen atoms in total. The van der Waals surface area contributed by atoms with Crippen LogP contribution in [0.1, 0.15) is 59.3 Å². The van der Waals surface area contributed by atoms with E-state index < -0.39 is 11.4 Å². The van der Waals surface area contributed by atoms with Gasteiger partial charge in [-0.3, -0.25) is 14.4 Å². The fourth-order valence-corrected chi connectivity index (χ4v) is 1.35. The molecule has 0 amide bonds. The van der Waals surface area contributed by atoms with Crippen LogP contribution < -0.4 is 0 Å². The van der Waals surface area contributed by atoms with Crippen LogP contribution in [0.25, 0.3) is 0 Å². The van der Waals surface area contributed by atoms with Gasteiger partial charge in [0, 0.05) is 12.8 Å². The van der Waals surface area contributed by atoms with Crippen LogP contribution in [-0.2, 0) is 23.9 Å². The monoisotopic (exact) mass is 302 g/mol. The van der Waals surface area contributed by atoms with Gasteiger partial charge in [0.1, 0.15) is 0 Å². The highest BCUT2D eigenvalue weighted by molar-refractivity contribution is 5.75. The lowest BCUT2D eigenvalue weighted by Crippen LogP contribution is -2.26. The third kappa shape index (κ3) is 9.87. The zero-order chi connectivity index (χ0) is 16.3. The summed E-state index contributed by atoms with van der Waals surface area (Å²) in [6, 6.07) is 0. The highest BCUT2D eigenvalue weighted by Gasteiger charge is 2.26. The SMILES string of the molecule is CCC(C)(C)C(=O)OCCCCOC(=O)CCCC(=O)O. The van der Waals surface area contributed by atoms with E-state index in [0.29, 0.717) is 19.4 Å². The van der Waals surface area contributed by atoms with Gasteiger partial charge >= 0.3 is 17.9 Å². The first-order valence-corrected chi connectivity index (χ1v) is 7.34. The second kappa shape index (κ2) is 10.2. The van der Waals surface area contributed by atoms with Gasteiger partial charge in [0.15, 0.2) is 0 Å². The van der Waals surface area contributed by atoms with Crippen molar-refractivity contribution in [2.24, 2.45) is 5.41 Å². The minimum Gasteiger partial charge on any atom is -0.481 e. The maximum atomic E-state index is 11.7. The Balaban J connectivity index is 3.54. The number of carboxylic acid groups (broad SMARTS) is 1. The lowest BCUT2D eigenvalue weighted by Gasteiger charge is -2.20. The van der Waals surface area contributed by atoms with Gasteiger partial charge in [-0.25, -0.2) is 0 Å².